The van der Waals surface area contributed by atoms with Crippen LogP contribution in [0.4, 0.5) is 0 Å². The zero-order valence-electron chi connectivity index (χ0n) is 19.9. The first-order chi connectivity index (χ1) is 15.2. The van der Waals surface area contributed by atoms with Crippen LogP contribution in [0.5, 0.6) is 0 Å². The molecule has 0 radical (unpaired) electrons. The van der Waals surface area contributed by atoms with Gasteiger partial charge in [-0.25, -0.2) is 0 Å². The highest BCUT2D eigenvalue weighted by Gasteiger charge is 2.55. The van der Waals surface area contributed by atoms with E-state index >= 15 is 0 Å². The Hall–Kier alpha value is -0.940. The van der Waals surface area contributed by atoms with Crippen LogP contribution in [0.15, 0.2) is 35.5 Å². The maximum absolute atomic E-state index is 10.9. The largest absolute Gasteiger partial charge is 0.393 e. The quantitative estimate of drug-likeness (QED) is 0.579. The highest BCUT2D eigenvalue weighted by atomic mass is 16.6. The Morgan fingerprint density at radius 2 is 1.94 bits per heavy atom. The molecule has 32 heavy (non-hydrogen) atoms. The van der Waals surface area contributed by atoms with E-state index in [4.69, 9.17) is 4.74 Å². The Morgan fingerprint density at radius 3 is 2.69 bits per heavy atom. The first-order valence-electron chi connectivity index (χ1n) is 13.0. The summed E-state index contributed by atoms with van der Waals surface area (Å²) in [6, 6.07) is 0. The highest BCUT2D eigenvalue weighted by Crippen LogP contribution is 2.61. The molecule has 0 spiro atoms. The molecule has 0 aromatic heterocycles. The molecule has 8 atom stereocenters. The number of ether oxygens (including phenoxy) is 1. The van der Waals surface area contributed by atoms with Crippen molar-refractivity contribution in [2.24, 2.45) is 35.0 Å². The van der Waals surface area contributed by atoms with Crippen LogP contribution < -0.4 is 0 Å². The van der Waals surface area contributed by atoms with Gasteiger partial charge in [-0.05, 0) is 91.6 Å². The molecular formula is C28H42O4. The summed E-state index contributed by atoms with van der Waals surface area (Å²) in [6.07, 6.45) is 13.5. The number of rotatable bonds is 4. The summed E-state index contributed by atoms with van der Waals surface area (Å²) in [5, 5.41) is 31.2. The number of hydrogen-bond acceptors (Lipinski definition) is 4. The fourth-order valence-electron chi connectivity index (χ4n) is 7.84. The Labute approximate surface area is 193 Å². The number of aliphatic hydroxyl groups excluding tert-OH is 2. The number of fused-ring (bicyclic) bond motifs is 1. The highest BCUT2D eigenvalue weighted by molar-refractivity contribution is 5.38. The average Bonchev–Trinajstić information content (AvgIpc) is 3.45. The van der Waals surface area contributed by atoms with Gasteiger partial charge in [0.15, 0.2) is 5.79 Å². The summed E-state index contributed by atoms with van der Waals surface area (Å²) in [5.74, 6) is 1.84. The summed E-state index contributed by atoms with van der Waals surface area (Å²) in [7, 11) is 0. The molecule has 1 saturated heterocycles. The lowest BCUT2D eigenvalue weighted by molar-refractivity contribution is -0.185. The van der Waals surface area contributed by atoms with Crippen LogP contribution in [0.25, 0.3) is 0 Å². The molecule has 1 heterocycles. The lowest BCUT2D eigenvalue weighted by Crippen LogP contribution is -2.38. The Kier molecular flexibility index (Phi) is 5.97. The second-order valence-electron chi connectivity index (χ2n) is 11.9. The molecule has 178 valence electrons. The molecule has 0 aromatic carbocycles. The summed E-state index contributed by atoms with van der Waals surface area (Å²) in [5.41, 5.74) is 3.63. The van der Waals surface area contributed by atoms with Crippen molar-refractivity contribution in [2.45, 2.75) is 96.1 Å². The first-order valence-corrected chi connectivity index (χ1v) is 13.0. The van der Waals surface area contributed by atoms with Gasteiger partial charge in [-0.3, -0.25) is 0 Å². The van der Waals surface area contributed by atoms with E-state index in [1.807, 2.05) is 0 Å². The fraction of sp³-hybridized carbons (Fsp3) is 0.786. The van der Waals surface area contributed by atoms with Crippen LogP contribution in [0, 0.1) is 35.0 Å². The minimum atomic E-state index is -0.848. The third-order valence-corrected chi connectivity index (χ3v) is 10.00. The van der Waals surface area contributed by atoms with E-state index < -0.39 is 18.0 Å². The van der Waals surface area contributed by atoms with Crippen LogP contribution in [0.1, 0.15) is 78.1 Å². The molecule has 3 N–H and O–H groups in total. The van der Waals surface area contributed by atoms with Crippen molar-refractivity contribution in [3.63, 3.8) is 0 Å². The number of aliphatic hydroxyl groups is 3. The first kappa shape index (κ1) is 22.8. The van der Waals surface area contributed by atoms with E-state index in [9.17, 15) is 15.3 Å². The zero-order chi connectivity index (χ0) is 22.7. The average molecular weight is 443 g/mol. The van der Waals surface area contributed by atoms with E-state index in [1.165, 1.54) is 25.7 Å². The molecule has 4 saturated carbocycles. The molecule has 5 fully saturated rings. The van der Waals surface area contributed by atoms with Crippen LogP contribution >= 0.6 is 0 Å². The van der Waals surface area contributed by atoms with Gasteiger partial charge in [-0.15, -0.1) is 0 Å². The maximum atomic E-state index is 10.9. The van der Waals surface area contributed by atoms with Crippen molar-refractivity contribution in [2.75, 3.05) is 6.61 Å². The number of allylic oxidation sites excluding steroid dienone is 3. The van der Waals surface area contributed by atoms with Crippen molar-refractivity contribution < 1.29 is 20.1 Å². The van der Waals surface area contributed by atoms with E-state index in [0.717, 1.165) is 36.8 Å². The second-order valence-corrected chi connectivity index (χ2v) is 11.9. The van der Waals surface area contributed by atoms with Gasteiger partial charge >= 0.3 is 0 Å². The van der Waals surface area contributed by atoms with Crippen molar-refractivity contribution in [1.82, 2.24) is 0 Å². The topological polar surface area (TPSA) is 69.9 Å². The number of hydrogen-bond donors (Lipinski definition) is 3. The van der Waals surface area contributed by atoms with Gasteiger partial charge in [-0.2, -0.15) is 0 Å². The predicted octanol–water partition coefficient (Wildman–Crippen LogP) is 4.90. The Bertz CT molecular complexity index is 810. The zero-order valence-corrected chi connectivity index (χ0v) is 19.9. The molecule has 1 aliphatic heterocycles. The van der Waals surface area contributed by atoms with Gasteiger partial charge in [0, 0.05) is 18.8 Å². The van der Waals surface area contributed by atoms with Gasteiger partial charge in [0.2, 0.25) is 0 Å². The minimum absolute atomic E-state index is 0.310. The van der Waals surface area contributed by atoms with Gasteiger partial charge in [0.25, 0.3) is 0 Å². The molecule has 0 amide bonds. The van der Waals surface area contributed by atoms with Crippen molar-refractivity contribution in [1.29, 1.82) is 0 Å². The molecule has 4 aliphatic carbocycles. The van der Waals surface area contributed by atoms with Gasteiger partial charge in [0.05, 0.1) is 18.8 Å². The van der Waals surface area contributed by atoms with Gasteiger partial charge < -0.3 is 20.1 Å². The molecule has 5 rings (SSSR count). The molecule has 5 aliphatic rings. The fourth-order valence-corrected chi connectivity index (χ4v) is 7.84. The van der Waals surface area contributed by atoms with E-state index in [1.54, 1.807) is 5.57 Å². The summed E-state index contributed by atoms with van der Waals surface area (Å²) < 4.78 is 5.97. The van der Waals surface area contributed by atoms with Crippen molar-refractivity contribution in [3.05, 3.63) is 35.5 Å². The Balaban J connectivity index is 1.31. The minimum Gasteiger partial charge on any atom is -0.393 e. The summed E-state index contributed by atoms with van der Waals surface area (Å²) >= 11 is 0. The van der Waals surface area contributed by atoms with Crippen LogP contribution in [0.3, 0.4) is 0 Å². The summed E-state index contributed by atoms with van der Waals surface area (Å²) in [4.78, 5) is 0. The van der Waals surface area contributed by atoms with E-state index in [-0.39, 0.29) is 0 Å². The lowest BCUT2D eigenvalue weighted by Gasteiger charge is -2.45. The molecule has 4 heteroatoms. The SMILES string of the molecule is C=C1/C(=C\C=C2/CCC[C@@]3(C)C2CC[C@@H]3[C@H](C)C2COC(O)(C3CC3)C2)C[C@@H](O)C[C@@H]1O. The molecule has 0 aromatic rings. The second kappa shape index (κ2) is 8.37. The van der Waals surface area contributed by atoms with E-state index in [2.05, 4.69) is 32.6 Å². The normalized spacial score (nSPS) is 48.4. The predicted molar refractivity (Wildman–Crippen MR) is 126 cm³/mol. The van der Waals surface area contributed by atoms with Crippen molar-refractivity contribution >= 4 is 0 Å². The maximum Gasteiger partial charge on any atom is 0.168 e. The summed E-state index contributed by atoms with van der Waals surface area (Å²) in [6.45, 7) is 9.72. The Morgan fingerprint density at radius 1 is 1.16 bits per heavy atom. The van der Waals surface area contributed by atoms with E-state index in [0.29, 0.717) is 54.5 Å². The third-order valence-electron chi connectivity index (χ3n) is 10.00. The van der Waals surface area contributed by atoms with Crippen LogP contribution in [-0.2, 0) is 4.74 Å². The smallest absolute Gasteiger partial charge is 0.168 e. The molecular weight excluding hydrogens is 400 g/mol. The third kappa shape index (κ3) is 3.96. The van der Waals surface area contributed by atoms with Gasteiger partial charge in [0.1, 0.15) is 0 Å². The monoisotopic (exact) mass is 442 g/mol. The lowest BCUT2D eigenvalue weighted by atomic mass is 9.59. The van der Waals surface area contributed by atoms with Crippen LogP contribution in [0.2, 0.25) is 0 Å². The molecule has 3 unspecified atom stereocenters. The molecule has 4 nitrogen and oxygen atoms in total. The standard InChI is InChI=1S/C28H42O4/c1-17(21-15-28(31,32-16-21)22-8-9-22)24-10-11-25-19(5-4-12-27(24,25)3)6-7-20-13-23(29)14-26(30)18(20)2/h6-7,17,21-26,29-31H,2,4-5,8-16H2,1,3H3/b19-6+,20-7-/t17-,21?,23-,24-,25?,26+,27-,28?/m1/s1. The van der Waals surface area contributed by atoms with Crippen molar-refractivity contribution in [3.8, 4) is 0 Å². The van der Waals surface area contributed by atoms with Crippen LogP contribution in [-0.4, -0.2) is 39.9 Å². The molecule has 0 bridgehead atoms. The van der Waals surface area contributed by atoms with Gasteiger partial charge in [-0.1, -0.05) is 38.2 Å².